The molecule has 156 valence electrons. The molecule has 1 aliphatic heterocycles. The normalized spacial score (nSPS) is 14.6. The summed E-state index contributed by atoms with van der Waals surface area (Å²) in [4.78, 5) is 4.50. The maximum Gasteiger partial charge on any atom is 0.173 e. The highest BCUT2D eigenvalue weighted by atomic mass is 35.5. The van der Waals surface area contributed by atoms with E-state index in [2.05, 4.69) is 15.1 Å². The number of anilines is 1. The Hall–Kier alpha value is -1.44. The first kappa shape index (κ1) is 22.2. The van der Waals surface area contributed by atoms with E-state index in [-0.39, 0.29) is 5.02 Å². The summed E-state index contributed by atoms with van der Waals surface area (Å²) >= 11 is 17.7. The summed E-state index contributed by atoms with van der Waals surface area (Å²) in [7, 11) is 0. The van der Waals surface area contributed by atoms with Crippen LogP contribution in [-0.2, 0) is 11.3 Å². The lowest BCUT2D eigenvalue weighted by Gasteiger charge is -2.29. The molecule has 4 nitrogen and oxygen atoms in total. The Morgan fingerprint density at radius 2 is 1.97 bits per heavy atom. The van der Waals surface area contributed by atoms with Gasteiger partial charge in [-0.15, -0.1) is 0 Å². The lowest BCUT2D eigenvalue weighted by molar-refractivity contribution is 0.0368. The van der Waals surface area contributed by atoms with Crippen LogP contribution < -0.4 is 5.32 Å². The smallest absolute Gasteiger partial charge is 0.173 e. The Labute approximate surface area is 186 Å². The van der Waals surface area contributed by atoms with Crippen LogP contribution in [0.25, 0.3) is 0 Å². The van der Waals surface area contributed by atoms with Crippen molar-refractivity contribution in [3.8, 4) is 0 Å². The van der Waals surface area contributed by atoms with Crippen LogP contribution in [0.2, 0.25) is 10.0 Å². The summed E-state index contributed by atoms with van der Waals surface area (Å²) in [5, 5.41) is 4.49. The molecular weight excluding hydrogens is 432 g/mol. The van der Waals surface area contributed by atoms with Gasteiger partial charge in [0.2, 0.25) is 0 Å². The van der Waals surface area contributed by atoms with Gasteiger partial charge in [-0.3, -0.25) is 4.90 Å². The number of thiocarbonyl (C=S) groups is 1. The molecule has 0 amide bonds. The minimum atomic E-state index is -0.454. The van der Waals surface area contributed by atoms with Crippen molar-refractivity contribution < 1.29 is 9.13 Å². The molecule has 0 atom stereocenters. The van der Waals surface area contributed by atoms with Crippen LogP contribution in [0.1, 0.15) is 12.0 Å². The second-order valence-electron chi connectivity index (χ2n) is 6.92. The third-order valence-electron chi connectivity index (χ3n) is 4.73. The Bertz CT molecular complexity index is 833. The van der Waals surface area contributed by atoms with Crippen molar-refractivity contribution >= 4 is 46.2 Å². The van der Waals surface area contributed by atoms with Crippen LogP contribution in [0, 0.1) is 5.82 Å². The Balaban J connectivity index is 1.64. The molecule has 2 aromatic rings. The van der Waals surface area contributed by atoms with Gasteiger partial charge in [0, 0.05) is 43.4 Å². The van der Waals surface area contributed by atoms with Crippen LogP contribution in [-0.4, -0.2) is 54.3 Å². The molecule has 8 heteroatoms. The van der Waals surface area contributed by atoms with E-state index in [9.17, 15) is 4.39 Å². The molecular formula is C21H24Cl2FN3OS. The molecule has 1 N–H and O–H groups in total. The van der Waals surface area contributed by atoms with Crippen molar-refractivity contribution in [3.63, 3.8) is 0 Å². The highest BCUT2D eigenvalue weighted by molar-refractivity contribution is 7.80. The molecule has 0 spiro atoms. The summed E-state index contributed by atoms with van der Waals surface area (Å²) in [6.45, 7) is 5.90. The molecule has 1 saturated heterocycles. The van der Waals surface area contributed by atoms with Crippen molar-refractivity contribution in [3.05, 3.63) is 63.9 Å². The fraction of sp³-hybridized carbons (Fsp3) is 0.381. The molecule has 0 aliphatic carbocycles. The molecule has 2 aromatic carbocycles. The van der Waals surface area contributed by atoms with Crippen LogP contribution in [0.5, 0.6) is 0 Å². The summed E-state index contributed by atoms with van der Waals surface area (Å²) in [5.74, 6) is -0.454. The highest BCUT2D eigenvalue weighted by Gasteiger charge is 2.14. The SMILES string of the molecule is Fc1ccc(NC(=S)N(CCCN2CCOCC2)Cc2cccc(Cl)c2)cc1Cl. The first-order valence-corrected chi connectivity index (χ1v) is 10.7. The average molecular weight is 456 g/mol. The van der Waals surface area contributed by atoms with E-state index in [1.165, 1.54) is 12.1 Å². The zero-order valence-corrected chi connectivity index (χ0v) is 18.4. The topological polar surface area (TPSA) is 27.7 Å². The molecule has 29 heavy (non-hydrogen) atoms. The Morgan fingerprint density at radius 3 is 2.69 bits per heavy atom. The molecule has 0 unspecified atom stereocenters. The van der Waals surface area contributed by atoms with Crippen LogP contribution >= 0.6 is 35.4 Å². The van der Waals surface area contributed by atoms with Crippen molar-refractivity contribution in [2.24, 2.45) is 0 Å². The maximum absolute atomic E-state index is 13.4. The van der Waals surface area contributed by atoms with Crippen molar-refractivity contribution in [1.82, 2.24) is 9.80 Å². The summed E-state index contributed by atoms with van der Waals surface area (Å²) in [6.07, 6.45) is 0.965. The predicted octanol–water partition coefficient (Wildman–Crippen LogP) is 5.05. The van der Waals surface area contributed by atoms with Crippen LogP contribution in [0.4, 0.5) is 10.1 Å². The zero-order valence-electron chi connectivity index (χ0n) is 16.0. The lowest BCUT2D eigenvalue weighted by atomic mass is 10.2. The van der Waals surface area contributed by atoms with Crippen molar-refractivity contribution in [2.75, 3.05) is 44.7 Å². The molecule has 0 aromatic heterocycles. The minimum Gasteiger partial charge on any atom is -0.379 e. The van der Waals surface area contributed by atoms with Gasteiger partial charge in [-0.25, -0.2) is 4.39 Å². The van der Waals surface area contributed by atoms with Crippen LogP contribution in [0.3, 0.4) is 0 Å². The van der Waals surface area contributed by atoms with Gasteiger partial charge in [-0.05, 0) is 54.5 Å². The fourth-order valence-electron chi connectivity index (χ4n) is 3.19. The number of hydrogen-bond acceptors (Lipinski definition) is 3. The minimum absolute atomic E-state index is 0.0616. The Kier molecular flexibility index (Phi) is 8.51. The van der Waals surface area contributed by atoms with E-state index < -0.39 is 5.82 Å². The summed E-state index contributed by atoms with van der Waals surface area (Å²) < 4.78 is 18.8. The number of hydrogen-bond donors (Lipinski definition) is 1. The lowest BCUT2D eigenvalue weighted by Crippen LogP contribution is -2.40. The summed E-state index contributed by atoms with van der Waals surface area (Å²) in [5.41, 5.74) is 1.73. The van der Waals surface area contributed by atoms with Gasteiger partial charge in [-0.2, -0.15) is 0 Å². The van der Waals surface area contributed by atoms with E-state index in [4.69, 9.17) is 40.2 Å². The third kappa shape index (κ3) is 7.08. The second kappa shape index (κ2) is 11.1. The quantitative estimate of drug-likeness (QED) is 0.589. The number of nitrogens with one attached hydrogen (secondary N) is 1. The van der Waals surface area contributed by atoms with E-state index in [1.807, 2.05) is 24.3 Å². The number of morpholine rings is 1. The third-order valence-corrected chi connectivity index (χ3v) is 5.61. The largest absolute Gasteiger partial charge is 0.379 e. The van der Waals surface area contributed by atoms with E-state index >= 15 is 0 Å². The maximum atomic E-state index is 13.4. The fourth-order valence-corrected chi connectivity index (χ4v) is 3.86. The summed E-state index contributed by atoms with van der Waals surface area (Å²) in [6, 6.07) is 12.2. The predicted molar refractivity (Wildman–Crippen MR) is 121 cm³/mol. The molecule has 3 rings (SSSR count). The first-order chi connectivity index (χ1) is 14.0. The van der Waals surface area contributed by atoms with Crippen molar-refractivity contribution in [2.45, 2.75) is 13.0 Å². The molecule has 1 heterocycles. The van der Waals surface area contributed by atoms with Crippen molar-refractivity contribution in [1.29, 1.82) is 0 Å². The molecule has 0 radical (unpaired) electrons. The van der Waals surface area contributed by atoms with Crippen LogP contribution in [0.15, 0.2) is 42.5 Å². The first-order valence-electron chi connectivity index (χ1n) is 9.57. The van der Waals surface area contributed by atoms with Gasteiger partial charge in [0.1, 0.15) is 5.82 Å². The molecule has 0 saturated carbocycles. The van der Waals surface area contributed by atoms with Gasteiger partial charge >= 0.3 is 0 Å². The number of benzene rings is 2. The second-order valence-corrected chi connectivity index (χ2v) is 8.15. The van der Waals surface area contributed by atoms with Gasteiger partial charge in [0.05, 0.1) is 18.2 Å². The highest BCUT2D eigenvalue weighted by Crippen LogP contribution is 2.20. The number of halogens is 3. The van der Waals surface area contributed by atoms with Gasteiger partial charge in [0.25, 0.3) is 0 Å². The standard InChI is InChI=1S/C21H24Cl2FN3OS/c22-17-4-1-3-16(13-17)15-27(8-2-7-26-9-11-28-12-10-26)21(29)25-18-5-6-20(24)19(23)14-18/h1,3-6,13-14H,2,7-12,15H2,(H,25,29). The van der Waals surface area contributed by atoms with Gasteiger partial charge in [-0.1, -0.05) is 35.3 Å². The van der Waals surface area contributed by atoms with E-state index in [0.29, 0.717) is 22.4 Å². The monoisotopic (exact) mass is 455 g/mol. The molecule has 0 bridgehead atoms. The van der Waals surface area contributed by atoms with E-state index in [0.717, 1.165) is 51.4 Å². The zero-order chi connectivity index (χ0) is 20.6. The number of ether oxygens (including phenoxy) is 1. The average Bonchev–Trinajstić information content (AvgIpc) is 2.71. The number of nitrogens with zero attached hydrogens (tertiary/aromatic N) is 2. The molecule has 1 fully saturated rings. The van der Waals surface area contributed by atoms with Gasteiger partial charge < -0.3 is 15.0 Å². The van der Waals surface area contributed by atoms with E-state index in [1.54, 1.807) is 6.07 Å². The molecule has 1 aliphatic rings. The number of rotatable bonds is 7. The Morgan fingerprint density at radius 1 is 1.17 bits per heavy atom. The van der Waals surface area contributed by atoms with Gasteiger partial charge in [0.15, 0.2) is 5.11 Å².